The minimum Gasteiger partial charge on any atom is -0.360 e. The van der Waals surface area contributed by atoms with Crippen molar-refractivity contribution in [2.75, 3.05) is 7.05 Å². The molecule has 0 atom stereocenters. The van der Waals surface area contributed by atoms with Crippen molar-refractivity contribution in [3.63, 3.8) is 0 Å². The van der Waals surface area contributed by atoms with Crippen LogP contribution in [0.3, 0.4) is 0 Å². The molecule has 0 bridgehead atoms. The number of imidazole rings is 1. The number of nitrogens with one attached hydrogen (secondary N) is 1. The molecule has 0 aliphatic heterocycles. The van der Waals surface area contributed by atoms with Gasteiger partial charge in [0.2, 0.25) is 0 Å². The number of amides is 1. The predicted octanol–water partition coefficient (Wildman–Crippen LogP) is 1.65. The molecule has 3 rings (SSSR count). The molecule has 1 amide bonds. The van der Waals surface area contributed by atoms with Gasteiger partial charge >= 0.3 is 5.69 Å². The van der Waals surface area contributed by atoms with E-state index in [1.165, 1.54) is 4.57 Å². The van der Waals surface area contributed by atoms with Crippen LogP contribution in [0.5, 0.6) is 0 Å². The number of benzene rings is 1. The highest BCUT2D eigenvalue weighted by Gasteiger charge is 2.14. The quantitative estimate of drug-likeness (QED) is 0.790. The predicted molar refractivity (Wildman–Crippen MR) is 88.5 cm³/mol. The van der Waals surface area contributed by atoms with Gasteiger partial charge in [-0.15, -0.1) is 0 Å². The van der Waals surface area contributed by atoms with Crippen molar-refractivity contribution in [1.29, 1.82) is 0 Å². The molecule has 7 heteroatoms. The third-order valence-corrected chi connectivity index (χ3v) is 3.75. The summed E-state index contributed by atoms with van der Waals surface area (Å²) < 4.78 is 8.13. The van der Waals surface area contributed by atoms with Crippen molar-refractivity contribution in [1.82, 2.24) is 19.6 Å². The van der Waals surface area contributed by atoms with Crippen molar-refractivity contribution in [3.8, 4) is 5.82 Å². The lowest BCUT2D eigenvalue weighted by Gasteiger charge is -2.05. The zero-order valence-corrected chi connectivity index (χ0v) is 13.7. The van der Waals surface area contributed by atoms with Crippen LogP contribution in [-0.4, -0.2) is 27.2 Å². The molecule has 0 fully saturated rings. The molecule has 0 saturated carbocycles. The summed E-state index contributed by atoms with van der Waals surface area (Å²) in [4.78, 5) is 24.4. The van der Waals surface area contributed by atoms with Gasteiger partial charge < -0.3 is 9.84 Å². The van der Waals surface area contributed by atoms with Gasteiger partial charge in [0.1, 0.15) is 5.76 Å². The SMILES string of the molecule is CNC(=O)c1cccc(Cn2cc(C)n(-c3cc(C)on3)c2=O)c1. The minimum atomic E-state index is -0.203. The van der Waals surface area contributed by atoms with Gasteiger partial charge in [-0.3, -0.25) is 9.36 Å². The summed E-state index contributed by atoms with van der Waals surface area (Å²) in [6, 6.07) is 8.91. The van der Waals surface area contributed by atoms with E-state index >= 15 is 0 Å². The molecule has 0 saturated heterocycles. The molecule has 2 heterocycles. The van der Waals surface area contributed by atoms with Gasteiger partial charge in [-0.1, -0.05) is 17.3 Å². The smallest absolute Gasteiger partial charge is 0.334 e. The molecule has 3 aromatic rings. The third kappa shape index (κ3) is 2.88. The van der Waals surface area contributed by atoms with E-state index in [1.807, 2.05) is 13.0 Å². The Labute approximate surface area is 138 Å². The zero-order chi connectivity index (χ0) is 17.3. The molecule has 0 unspecified atom stereocenters. The van der Waals surface area contributed by atoms with Gasteiger partial charge in [-0.25, -0.2) is 9.36 Å². The maximum absolute atomic E-state index is 12.6. The number of rotatable bonds is 4. The highest BCUT2D eigenvalue weighted by atomic mass is 16.5. The van der Waals surface area contributed by atoms with Crippen LogP contribution in [0.1, 0.15) is 27.4 Å². The Morgan fingerprint density at radius 1 is 1.29 bits per heavy atom. The summed E-state index contributed by atoms with van der Waals surface area (Å²) in [5.74, 6) is 0.950. The Kier molecular flexibility index (Phi) is 4.07. The lowest BCUT2D eigenvalue weighted by Crippen LogP contribution is -2.24. The van der Waals surface area contributed by atoms with Crippen molar-refractivity contribution in [2.45, 2.75) is 20.4 Å². The van der Waals surface area contributed by atoms with E-state index < -0.39 is 0 Å². The fourth-order valence-electron chi connectivity index (χ4n) is 2.62. The largest absolute Gasteiger partial charge is 0.360 e. The monoisotopic (exact) mass is 326 g/mol. The van der Waals surface area contributed by atoms with Gasteiger partial charge in [-0.05, 0) is 31.5 Å². The van der Waals surface area contributed by atoms with Gasteiger partial charge in [0.05, 0.1) is 6.54 Å². The Balaban J connectivity index is 1.95. The number of hydrogen-bond acceptors (Lipinski definition) is 4. The van der Waals surface area contributed by atoms with Crippen LogP contribution < -0.4 is 11.0 Å². The summed E-state index contributed by atoms with van der Waals surface area (Å²) in [6.45, 7) is 3.98. The molecular formula is C17H18N4O3. The second-order valence-corrected chi connectivity index (χ2v) is 5.59. The molecule has 0 spiro atoms. The fourth-order valence-corrected chi connectivity index (χ4v) is 2.62. The molecule has 0 aliphatic rings. The maximum Gasteiger partial charge on any atom is 0.334 e. The number of aryl methyl sites for hydroxylation is 2. The van der Waals surface area contributed by atoms with Crippen LogP contribution in [-0.2, 0) is 6.54 Å². The topological polar surface area (TPSA) is 82.1 Å². The molecule has 124 valence electrons. The van der Waals surface area contributed by atoms with E-state index in [2.05, 4.69) is 10.5 Å². The second-order valence-electron chi connectivity index (χ2n) is 5.59. The Morgan fingerprint density at radius 2 is 2.08 bits per heavy atom. The van der Waals surface area contributed by atoms with E-state index in [4.69, 9.17) is 4.52 Å². The van der Waals surface area contributed by atoms with E-state index in [-0.39, 0.29) is 11.6 Å². The Hall–Kier alpha value is -3.09. The molecule has 2 aromatic heterocycles. The van der Waals surface area contributed by atoms with E-state index in [9.17, 15) is 9.59 Å². The van der Waals surface area contributed by atoms with Crippen molar-refractivity contribution in [3.05, 3.63) is 69.6 Å². The summed E-state index contributed by atoms with van der Waals surface area (Å²) in [7, 11) is 1.59. The van der Waals surface area contributed by atoms with Gasteiger partial charge in [-0.2, -0.15) is 0 Å². The second kappa shape index (κ2) is 6.19. The van der Waals surface area contributed by atoms with Crippen LogP contribution >= 0.6 is 0 Å². The summed E-state index contributed by atoms with van der Waals surface area (Å²) in [5.41, 5.74) is 1.99. The van der Waals surface area contributed by atoms with Crippen LogP contribution in [0, 0.1) is 13.8 Å². The maximum atomic E-state index is 12.6. The van der Waals surface area contributed by atoms with E-state index in [0.717, 1.165) is 11.3 Å². The first-order valence-electron chi connectivity index (χ1n) is 7.53. The van der Waals surface area contributed by atoms with Gasteiger partial charge in [0.25, 0.3) is 5.91 Å². The van der Waals surface area contributed by atoms with E-state index in [1.54, 1.807) is 49.0 Å². The number of carbonyl (C=O) groups excluding carboxylic acids is 1. The molecule has 1 N–H and O–H groups in total. The first kappa shape index (κ1) is 15.8. The number of carbonyl (C=O) groups is 1. The first-order chi connectivity index (χ1) is 11.5. The molecule has 1 aromatic carbocycles. The van der Waals surface area contributed by atoms with Crippen LogP contribution in [0.2, 0.25) is 0 Å². The number of aromatic nitrogens is 3. The molecule has 0 radical (unpaired) electrons. The standard InChI is InChI=1S/C17H18N4O3/c1-11-9-20(17(23)21(11)15-7-12(2)24-19-15)10-13-5-4-6-14(8-13)16(22)18-3/h4-9H,10H2,1-3H3,(H,18,22). The first-order valence-corrected chi connectivity index (χ1v) is 7.53. The molecule has 7 nitrogen and oxygen atoms in total. The number of hydrogen-bond donors (Lipinski definition) is 1. The summed E-state index contributed by atoms with van der Waals surface area (Å²) in [6.07, 6.45) is 1.76. The normalized spacial score (nSPS) is 10.8. The van der Waals surface area contributed by atoms with E-state index in [0.29, 0.717) is 23.7 Å². The highest BCUT2D eigenvalue weighted by Crippen LogP contribution is 2.11. The summed E-state index contributed by atoms with van der Waals surface area (Å²) in [5, 5.41) is 6.49. The highest BCUT2D eigenvalue weighted by molar-refractivity contribution is 5.94. The third-order valence-electron chi connectivity index (χ3n) is 3.75. The Bertz CT molecular complexity index is 949. The van der Waals surface area contributed by atoms with Crippen molar-refractivity contribution < 1.29 is 9.32 Å². The average Bonchev–Trinajstić information content (AvgIpc) is 3.10. The lowest BCUT2D eigenvalue weighted by molar-refractivity contribution is 0.0963. The van der Waals surface area contributed by atoms with Gasteiger partial charge in [0.15, 0.2) is 5.82 Å². The van der Waals surface area contributed by atoms with Crippen LogP contribution in [0.25, 0.3) is 5.82 Å². The van der Waals surface area contributed by atoms with Crippen molar-refractivity contribution in [2.24, 2.45) is 0 Å². The summed E-state index contributed by atoms with van der Waals surface area (Å²) >= 11 is 0. The Morgan fingerprint density at radius 3 is 2.75 bits per heavy atom. The molecule has 24 heavy (non-hydrogen) atoms. The van der Waals surface area contributed by atoms with Crippen molar-refractivity contribution >= 4 is 5.91 Å². The van der Waals surface area contributed by atoms with Crippen LogP contribution in [0.15, 0.2) is 45.8 Å². The fraction of sp³-hybridized carbons (Fsp3) is 0.235. The number of nitrogens with zero attached hydrogens (tertiary/aromatic N) is 3. The minimum absolute atomic E-state index is 0.156. The molecule has 0 aliphatic carbocycles. The lowest BCUT2D eigenvalue weighted by atomic mass is 10.1. The molecular weight excluding hydrogens is 308 g/mol. The van der Waals surface area contributed by atoms with Crippen LogP contribution in [0.4, 0.5) is 0 Å². The van der Waals surface area contributed by atoms with Gasteiger partial charge in [0, 0.05) is 30.6 Å². The zero-order valence-electron chi connectivity index (χ0n) is 13.7. The average molecular weight is 326 g/mol.